The number of aromatic hydroxyl groups is 1. The molecule has 2 fully saturated rings. The molecule has 0 bridgehead atoms. The standard InChI is InChI=1S/C45H35N3O11/c49-24-8-7-9-27-16-23-35-34(25-27)45(43(54)46(35)44(55)58-26-28-14-19-32(20-15-28)48(56)57)36(41(51)52)38-42(53)59-39(30-12-5-2-6-13-30)37(29-10-3-1-4-11-29)47(38)40(45)31-17-21-33(50)22-18-31/h1-6,10-23,25,36-40,49-50H,8,24,26H2,(H,51,52). The Morgan fingerprint density at radius 1 is 0.847 bits per heavy atom. The number of fused-ring (bicyclic) bond motifs is 3. The highest BCUT2D eigenvalue weighted by atomic mass is 16.6. The number of aliphatic hydroxyl groups is 1. The third kappa shape index (κ3) is 6.52. The number of carboxylic acid groups (broad SMARTS) is 1. The highest BCUT2D eigenvalue weighted by Gasteiger charge is 2.76. The Hall–Kier alpha value is -7.34. The number of morpholine rings is 1. The van der Waals surface area contributed by atoms with E-state index in [0.29, 0.717) is 27.8 Å². The first-order valence-corrected chi connectivity index (χ1v) is 18.6. The lowest BCUT2D eigenvalue weighted by Gasteiger charge is -2.46. The van der Waals surface area contributed by atoms with Crippen LogP contribution in [-0.4, -0.2) is 61.7 Å². The number of esters is 1. The minimum Gasteiger partial charge on any atom is -0.508 e. The molecule has 3 heterocycles. The molecule has 0 aliphatic carbocycles. The largest absolute Gasteiger partial charge is 0.508 e. The average molecular weight is 794 g/mol. The number of phenolic OH excluding ortho intramolecular Hbond substituents is 1. The molecule has 59 heavy (non-hydrogen) atoms. The number of amides is 2. The van der Waals surface area contributed by atoms with E-state index in [0.717, 1.165) is 4.90 Å². The van der Waals surface area contributed by atoms with Gasteiger partial charge in [-0.1, -0.05) is 84.6 Å². The van der Waals surface area contributed by atoms with Gasteiger partial charge in [0.15, 0.2) is 0 Å². The van der Waals surface area contributed by atoms with Crippen molar-refractivity contribution in [3.05, 3.63) is 171 Å². The Balaban J connectivity index is 1.37. The van der Waals surface area contributed by atoms with Gasteiger partial charge in [-0.05, 0) is 70.3 Å². The third-order valence-electron chi connectivity index (χ3n) is 11.1. The number of rotatable bonds is 8. The van der Waals surface area contributed by atoms with Gasteiger partial charge in [0.2, 0.25) is 5.91 Å². The van der Waals surface area contributed by atoms with Gasteiger partial charge in [-0.3, -0.25) is 29.4 Å². The molecule has 8 rings (SSSR count). The van der Waals surface area contributed by atoms with E-state index in [1.165, 1.54) is 48.5 Å². The molecule has 0 radical (unpaired) electrons. The van der Waals surface area contributed by atoms with Crippen molar-refractivity contribution in [3.8, 4) is 17.6 Å². The molecule has 3 N–H and O–H groups in total. The zero-order valence-corrected chi connectivity index (χ0v) is 31.1. The number of carboxylic acids is 1. The maximum atomic E-state index is 15.7. The number of aliphatic hydroxyl groups excluding tert-OH is 1. The zero-order chi connectivity index (χ0) is 41.4. The van der Waals surface area contributed by atoms with Gasteiger partial charge in [0.05, 0.1) is 29.3 Å². The van der Waals surface area contributed by atoms with Gasteiger partial charge in [-0.15, -0.1) is 0 Å². The fourth-order valence-corrected chi connectivity index (χ4v) is 8.75. The summed E-state index contributed by atoms with van der Waals surface area (Å²) in [6.45, 7) is -0.617. The summed E-state index contributed by atoms with van der Waals surface area (Å²) in [5.41, 5.74) is 0.00809. The van der Waals surface area contributed by atoms with E-state index in [1.54, 1.807) is 59.5 Å². The summed E-state index contributed by atoms with van der Waals surface area (Å²) in [5.74, 6) is 0.427. The average Bonchev–Trinajstić information content (AvgIpc) is 3.70. The first-order chi connectivity index (χ1) is 28.6. The van der Waals surface area contributed by atoms with Crippen molar-refractivity contribution in [2.45, 2.75) is 42.7 Å². The summed E-state index contributed by atoms with van der Waals surface area (Å²) < 4.78 is 11.9. The molecule has 0 aromatic heterocycles. The molecular formula is C45H35N3O11. The summed E-state index contributed by atoms with van der Waals surface area (Å²) in [6, 6.07) is 30.0. The zero-order valence-electron chi connectivity index (χ0n) is 31.1. The number of carbonyl (C=O) groups excluding carboxylic acids is 3. The van der Waals surface area contributed by atoms with Crippen LogP contribution in [0.25, 0.3) is 0 Å². The van der Waals surface area contributed by atoms with E-state index in [1.807, 2.05) is 24.3 Å². The monoisotopic (exact) mass is 793 g/mol. The number of ether oxygens (including phenoxy) is 2. The van der Waals surface area contributed by atoms with Crippen LogP contribution in [0, 0.1) is 27.9 Å². The lowest BCUT2D eigenvalue weighted by atomic mass is 9.65. The lowest BCUT2D eigenvalue weighted by molar-refractivity contribution is -0.384. The number of anilines is 1. The van der Waals surface area contributed by atoms with Crippen LogP contribution >= 0.6 is 0 Å². The molecule has 2 amide bonds. The van der Waals surface area contributed by atoms with E-state index < -0.39 is 71.0 Å². The summed E-state index contributed by atoms with van der Waals surface area (Å²) >= 11 is 0. The number of phenols is 1. The molecular weight excluding hydrogens is 759 g/mol. The Morgan fingerprint density at radius 3 is 2.14 bits per heavy atom. The van der Waals surface area contributed by atoms with Crippen LogP contribution in [0.2, 0.25) is 0 Å². The summed E-state index contributed by atoms with van der Waals surface area (Å²) in [7, 11) is 0. The SMILES string of the molecule is O=C1OC(c2ccccc2)C(c2ccccc2)N2C1C(C(=O)O)C1(C(=O)N(C(=O)OCc3ccc([N+](=O)[O-])cc3)c3ccc(C#CCCO)cc31)C2c1ccc(O)cc1. The molecule has 14 heteroatoms. The topological polar surface area (TPSA) is 197 Å². The second kappa shape index (κ2) is 15.5. The number of nitro benzene ring substituents is 1. The Labute approximate surface area is 337 Å². The van der Waals surface area contributed by atoms with Crippen LogP contribution in [0.5, 0.6) is 5.75 Å². The molecule has 296 valence electrons. The van der Waals surface area contributed by atoms with Crippen molar-refractivity contribution in [2.75, 3.05) is 11.5 Å². The molecule has 3 aliphatic heterocycles. The van der Waals surface area contributed by atoms with Gasteiger partial charge < -0.3 is 24.8 Å². The second-order valence-electron chi connectivity index (χ2n) is 14.3. The summed E-state index contributed by atoms with van der Waals surface area (Å²) in [6.07, 6.45) is -2.02. The van der Waals surface area contributed by atoms with E-state index in [9.17, 15) is 39.8 Å². The number of carbonyl (C=O) groups is 4. The van der Waals surface area contributed by atoms with Crippen LogP contribution in [0.15, 0.2) is 127 Å². The van der Waals surface area contributed by atoms with Crippen LogP contribution in [0.3, 0.4) is 0 Å². The number of hydrogen-bond acceptors (Lipinski definition) is 11. The van der Waals surface area contributed by atoms with E-state index in [2.05, 4.69) is 11.8 Å². The number of imide groups is 1. The number of nitrogens with zero attached hydrogens (tertiary/aromatic N) is 3. The van der Waals surface area contributed by atoms with Crippen LogP contribution < -0.4 is 4.90 Å². The molecule has 2 saturated heterocycles. The fourth-order valence-electron chi connectivity index (χ4n) is 8.75. The molecule has 5 aromatic carbocycles. The van der Waals surface area contributed by atoms with Gasteiger partial charge in [-0.2, -0.15) is 0 Å². The molecule has 3 aliphatic rings. The van der Waals surface area contributed by atoms with Crippen LogP contribution in [0.4, 0.5) is 16.2 Å². The van der Waals surface area contributed by atoms with E-state index >= 15 is 4.79 Å². The van der Waals surface area contributed by atoms with E-state index in [-0.39, 0.29) is 35.7 Å². The molecule has 14 nitrogen and oxygen atoms in total. The van der Waals surface area contributed by atoms with Gasteiger partial charge in [-0.25, -0.2) is 9.69 Å². The maximum Gasteiger partial charge on any atom is 0.421 e. The summed E-state index contributed by atoms with van der Waals surface area (Å²) in [5, 5.41) is 42.5. The molecule has 0 saturated carbocycles. The smallest absolute Gasteiger partial charge is 0.421 e. The number of nitro groups is 1. The highest BCUT2D eigenvalue weighted by Crippen LogP contribution is 2.66. The molecule has 6 unspecified atom stereocenters. The van der Waals surface area contributed by atoms with Crippen LogP contribution in [0.1, 0.15) is 58.0 Å². The minimum absolute atomic E-state index is 0.00415. The van der Waals surface area contributed by atoms with Gasteiger partial charge >= 0.3 is 18.0 Å². The minimum atomic E-state index is -2.23. The van der Waals surface area contributed by atoms with Crippen molar-refractivity contribution >= 4 is 35.3 Å². The van der Waals surface area contributed by atoms with Crippen molar-refractivity contribution in [1.82, 2.24) is 4.90 Å². The van der Waals surface area contributed by atoms with Crippen molar-refractivity contribution in [2.24, 2.45) is 5.92 Å². The maximum absolute atomic E-state index is 15.7. The number of hydrogen-bond donors (Lipinski definition) is 3. The van der Waals surface area contributed by atoms with Crippen molar-refractivity contribution in [3.63, 3.8) is 0 Å². The quantitative estimate of drug-likeness (QED) is 0.0706. The predicted octanol–water partition coefficient (Wildman–Crippen LogP) is 6.12. The van der Waals surface area contributed by atoms with Gasteiger partial charge in [0.25, 0.3) is 5.69 Å². The molecule has 5 aromatic rings. The first-order valence-electron chi connectivity index (χ1n) is 18.6. The number of benzene rings is 5. The molecule has 1 spiro atoms. The lowest BCUT2D eigenvalue weighted by Crippen LogP contribution is -2.53. The second-order valence-corrected chi connectivity index (χ2v) is 14.3. The fraction of sp³-hybridized carbons (Fsp3) is 0.200. The normalized spacial score (nSPS) is 23.1. The predicted molar refractivity (Wildman–Crippen MR) is 210 cm³/mol. The molecule has 6 atom stereocenters. The Morgan fingerprint density at radius 2 is 1.51 bits per heavy atom. The van der Waals surface area contributed by atoms with Crippen molar-refractivity contribution in [1.29, 1.82) is 0 Å². The van der Waals surface area contributed by atoms with E-state index in [4.69, 9.17) is 9.47 Å². The Bertz CT molecular complexity index is 2520. The summed E-state index contributed by atoms with van der Waals surface area (Å²) in [4.78, 5) is 71.8. The Kier molecular flexibility index (Phi) is 10.1. The number of non-ortho nitro benzene ring substituents is 1. The van der Waals surface area contributed by atoms with Crippen molar-refractivity contribution < 1.29 is 48.9 Å². The third-order valence-corrected chi connectivity index (χ3v) is 11.1. The van der Waals surface area contributed by atoms with Gasteiger partial charge in [0, 0.05) is 24.1 Å². The van der Waals surface area contributed by atoms with Gasteiger partial charge in [0.1, 0.15) is 35.8 Å². The number of cyclic esters (lactones) is 1. The highest BCUT2D eigenvalue weighted by molar-refractivity contribution is 6.23. The number of aliphatic carboxylic acids is 1. The van der Waals surface area contributed by atoms with Crippen LogP contribution in [-0.2, 0) is 35.9 Å². The first kappa shape index (κ1) is 38.5.